The maximum atomic E-state index is 5.04. The van der Waals surface area contributed by atoms with Crippen molar-refractivity contribution >= 4 is 6.72 Å². The van der Waals surface area contributed by atoms with Gasteiger partial charge in [0.15, 0.2) is 0 Å². The van der Waals surface area contributed by atoms with E-state index < -0.39 is 0 Å². The number of hydrazone groups is 1. The number of ether oxygens (including phenoxy) is 1. The van der Waals surface area contributed by atoms with Crippen molar-refractivity contribution in [3.8, 4) is 0 Å². The summed E-state index contributed by atoms with van der Waals surface area (Å²) in [6.45, 7) is 8.16. The van der Waals surface area contributed by atoms with Gasteiger partial charge >= 0.3 is 0 Å². The summed E-state index contributed by atoms with van der Waals surface area (Å²) in [4.78, 5) is 0. The number of morpholine rings is 1. The van der Waals surface area contributed by atoms with Crippen LogP contribution in [-0.4, -0.2) is 38.0 Å². The molecule has 0 spiro atoms. The number of hydrogen-bond acceptors (Lipinski definition) is 3. The van der Waals surface area contributed by atoms with Crippen molar-refractivity contribution in [3.63, 3.8) is 0 Å². The first kappa shape index (κ1) is 5.56. The van der Waals surface area contributed by atoms with Crippen LogP contribution in [0.3, 0.4) is 0 Å². The molecule has 0 bridgehead atoms. The Labute approximate surface area is 48.9 Å². The van der Waals surface area contributed by atoms with Gasteiger partial charge in [-0.15, -0.1) is 0 Å². The molecule has 1 fully saturated rings. The van der Waals surface area contributed by atoms with Gasteiger partial charge in [0.2, 0.25) is 0 Å². The zero-order valence-electron chi connectivity index (χ0n) is 4.71. The third-order valence-corrected chi connectivity index (χ3v) is 1.15. The van der Waals surface area contributed by atoms with Crippen LogP contribution in [0, 0.1) is 0 Å². The van der Waals surface area contributed by atoms with E-state index in [0.717, 1.165) is 26.3 Å². The van der Waals surface area contributed by atoms with E-state index in [-0.39, 0.29) is 0 Å². The van der Waals surface area contributed by atoms with Gasteiger partial charge < -0.3 is 4.74 Å². The number of nitrogens with zero attached hydrogens (tertiary/aromatic N) is 2. The maximum absolute atomic E-state index is 5.04. The lowest BCUT2D eigenvalue weighted by atomic mass is 10.5. The summed E-state index contributed by atoms with van der Waals surface area (Å²) in [6, 6.07) is 0. The van der Waals surface area contributed by atoms with Crippen molar-refractivity contribution in [1.82, 2.24) is 5.01 Å². The first-order valence-corrected chi connectivity index (χ1v) is 2.67. The highest BCUT2D eigenvalue weighted by molar-refractivity contribution is 5.22. The molecule has 0 aromatic rings. The zero-order valence-corrected chi connectivity index (χ0v) is 4.71. The molecule has 3 nitrogen and oxygen atoms in total. The first-order valence-electron chi connectivity index (χ1n) is 2.67. The highest BCUT2D eigenvalue weighted by Gasteiger charge is 2.04. The average Bonchev–Trinajstić information content (AvgIpc) is 1.90. The van der Waals surface area contributed by atoms with Crippen LogP contribution >= 0.6 is 0 Å². The number of hydrogen-bond donors (Lipinski definition) is 0. The van der Waals surface area contributed by atoms with Crippen LogP contribution in [0.5, 0.6) is 0 Å². The van der Waals surface area contributed by atoms with E-state index in [4.69, 9.17) is 11.5 Å². The molecule has 0 saturated carbocycles. The Kier molecular flexibility index (Phi) is 1.86. The Bertz CT molecular complexity index is 78.5. The van der Waals surface area contributed by atoms with E-state index in [0.29, 0.717) is 0 Å². The van der Waals surface area contributed by atoms with Crippen molar-refractivity contribution < 1.29 is 4.74 Å². The van der Waals surface area contributed by atoms with E-state index in [1.165, 1.54) is 0 Å². The normalized spacial score (nSPS) is 20.8. The molecule has 3 heteroatoms. The monoisotopic (exact) mass is 113 g/mol. The summed E-state index contributed by atoms with van der Waals surface area (Å²) in [5.74, 6) is 0. The lowest BCUT2D eigenvalue weighted by Gasteiger charge is -2.22. The molecule has 0 aromatic heterocycles. The standard InChI is InChI=1S/C5H9N2O/c1-6-7-2-4-8-5-3-7/h1H,2-5H2. The summed E-state index contributed by atoms with van der Waals surface area (Å²) < 4.78 is 5.04. The predicted octanol–water partition coefficient (Wildman–Crippen LogP) is -0.189. The molecule has 1 aliphatic rings. The minimum absolute atomic E-state index is 0.751. The van der Waals surface area contributed by atoms with Crippen LogP contribution in [0.15, 0.2) is 5.10 Å². The van der Waals surface area contributed by atoms with Gasteiger partial charge in [-0.1, -0.05) is 0 Å². The quantitative estimate of drug-likeness (QED) is 0.440. The maximum Gasteiger partial charge on any atom is 0.0671 e. The van der Waals surface area contributed by atoms with Gasteiger partial charge in [-0.2, -0.15) is 5.10 Å². The zero-order chi connectivity index (χ0) is 5.82. The molecular weight excluding hydrogens is 104 g/mol. The van der Waals surface area contributed by atoms with Crippen LogP contribution in [0.1, 0.15) is 0 Å². The second kappa shape index (κ2) is 2.67. The van der Waals surface area contributed by atoms with Gasteiger partial charge in [-0.3, -0.25) is 5.01 Å². The van der Waals surface area contributed by atoms with Gasteiger partial charge in [0.1, 0.15) is 0 Å². The SMILES string of the molecule is [CH]=NN1CCOCC1. The molecule has 1 heterocycles. The van der Waals surface area contributed by atoms with Crippen LogP contribution in [-0.2, 0) is 4.74 Å². The van der Waals surface area contributed by atoms with Gasteiger partial charge in [0, 0.05) is 0 Å². The van der Waals surface area contributed by atoms with Gasteiger partial charge in [-0.25, -0.2) is 0 Å². The van der Waals surface area contributed by atoms with Gasteiger partial charge in [0.25, 0.3) is 0 Å². The van der Waals surface area contributed by atoms with E-state index in [2.05, 4.69) is 5.10 Å². The molecule has 0 aromatic carbocycles. The highest BCUT2D eigenvalue weighted by atomic mass is 16.5. The largest absolute Gasteiger partial charge is 0.378 e. The highest BCUT2D eigenvalue weighted by Crippen LogP contribution is 1.94. The summed E-state index contributed by atoms with van der Waals surface area (Å²) in [7, 11) is 0. The van der Waals surface area contributed by atoms with E-state index in [1.54, 1.807) is 5.01 Å². The molecule has 1 aliphatic heterocycles. The topological polar surface area (TPSA) is 24.8 Å². The molecule has 45 valence electrons. The summed E-state index contributed by atoms with van der Waals surface area (Å²) in [5.41, 5.74) is 0. The van der Waals surface area contributed by atoms with Crippen molar-refractivity contribution in [2.45, 2.75) is 0 Å². The summed E-state index contributed by atoms with van der Waals surface area (Å²) >= 11 is 0. The van der Waals surface area contributed by atoms with Crippen molar-refractivity contribution in [1.29, 1.82) is 0 Å². The average molecular weight is 113 g/mol. The lowest BCUT2D eigenvalue weighted by molar-refractivity contribution is 0.0399. The first-order chi connectivity index (χ1) is 3.93. The minimum Gasteiger partial charge on any atom is -0.378 e. The minimum atomic E-state index is 0.751. The van der Waals surface area contributed by atoms with Gasteiger partial charge in [-0.05, 0) is 0 Å². The Hall–Kier alpha value is -0.570. The van der Waals surface area contributed by atoms with E-state index in [9.17, 15) is 0 Å². The summed E-state index contributed by atoms with van der Waals surface area (Å²) in [6.07, 6.45) is 0. The second-order valence-electron chi connectivity index (χ2n) is 1.68. The van der Waals surface area contributed by atoms with E-state index in [1.807, 2.05) is 0 Å². The molecule has 0 N–H and O–H groups in total. The third-order valence-electron chi connectivity index (χ3n) is 1.15. The fourth-order valence-electron chi connectivity index (χ4n) is 0.669. The van der Waals surface area contributed by atoms with Crippen LogP contribution < -0.4 is 0 Å². The Morgan fingerprint density at radius 1 is 1.38 bits per heavy atom. The molecule has 8 heavy (non-hydrogen) atoms. The molecule has 0 unspecified atom stereocenters. The Morgan fingerprint density at radius 2 is 2.00 bits per heavy atom. The molecule has 1 rings (SSSR count). The van der Waals surface area contributed by atoms with Crippen LogP contribution in [0.4, 0.5) is 0 Å². The second-order valence-corrected chi connectivity index (χ2v) is 1.68. The molecule has 0 amide bonds. The summed E-state index contributed by atoms with van der Waals surface area (Å²) in [5, 5.41) is 5.30. The van der Waals surface area contributed by atoms with Crippen LogP contribution in [0.2, 0.25) is 0 Å². The Morgan fingerprint density at radius 3 is 2.38 bits per heavy atom. The van der Waals surface area contributed by atoms with Crippen molar-refractivity contribution in [2.75, 3.05) is 26.3 Å². The van der Waals surface area contributed by atoms with Crippen LogP contribution in [0.25, 0.3) is 0 Å². The fraction of sp³-hybridized carbons (Fsp3) is 0.800. The smallest absolute Gasteiger partial charge is 0.0671 e. The fourth-order valence-corrected chi connectivity index (χ4v) is 0.669. The molecular formula is C5H9N2O. The molecule has 1 saturated heterocycles. The molecule has 0 aliphatic carbocycles. The van der Waals surface area contributed by atoms with Gasteiger partial charge in [0.05, 0.1) is 33.0 Å². The predicted molar refractivity (Wildman–Crippen MR) is 30.9 cm³/mol. The Balaban J connectivity index is 2.22. The lowest BCUT2D eigenvalue weighted by Crippen LogP contribution is -2.31. The molecule has 1 radical (unpaired) electrons. The molecule has 0 atom stereocenters. The van der Waals surface area contributed by atoms with Crippen molar-refractivity contribution in [2.24, 2.45) is 5.10 Å². The van der Waals surface area contributed by atoms with Crippen molar-refractivity contribution in [3.05, 3.63) is 0 Å². The van der Waals surface area contributed by atoms with E-state index >= 15 is 0 Å². The number of rotatable bonds is 1. The third kappa shape index (κ3) is 1.20.